The molecule has 1 heterocycles. The first-order valence-corrected chi connectivity index (χ1v) is 7.68. The van der Waals surface area contributed by atoms with Crippen LogP contribution in [0.1, 0.15) is 35.2 Å². The molecule has 0 aromatic heterocycles. The van der Waals surface area contributed by atoms with E-state index < -0.39 is 0 Å². The van der Waals surface area contributed by atoms with Crippen molar-refractivity contribution in [3.63, 3.8) is 0 Å². The molecule has 21 heavy (non-hydrogen) atoms. The van der Waals surface area contributed by atoms with Gasteiger partial charge >= 0.3 is 0 Å². The van der Waals surface area contributed by atoms with Gasteiger partial charge < -0.3 is 10.1 Å². The van der Waals surface area contributed by atoms with Crippen LogP contribution in [-0.4, -0.2) is 12.6 Å². The van der Waals surface area contributed by atoms with Crippen molar-refractivity contribution in [2.45, 2.75) is 39.3 Å². The highest BCUT2D eigenvalue weighted by Crippen LogP contribution is 2.29. The van der Waals surface area contributed by atoms with E-state index in [1.807, 2.05) is 0 Å². The SMILES string of the molecule is Cc1ccc([C@@H](C)NCC2Cc3cc(C)ccc3O2)cc1. The summed E-state index contributed by atoms with van der Waals surface area (Å²) in [5.74, 6) is 1.05. The molecule has 0 fully saturated rings. The molecule has 1 aliphatic rings. The zero-order valence-corrected chi connectivity index (χ0v) is 13.0. The second-order valence-corrected chi connectivity index (χ2v) is 6.10. The molecule has 0 spiro atoms. The Kier molecular flexibility index (Phi) is 3.98. The molecule has 0 radical (unpaired) electrons. The number of hydrogen-bond acceptors (Lipinski definition) is 2. The minimum Gasteiger partial charge on any atom is -0.488 e. The summed E-state index contributed by atoms with van der Waals surface area (Å²) in [5.41, 5.74) is 5.27. The van der Waals surface area contributed by atoms with E-state index in [0.29, 0.717) is 6.04 Å². The Morgan fingerprint density at radius 3 is 2.57 bits per heavy atom. The summed E-state index contributed by atoms with van der Waals surface area (Å²) in [4.78, 5) is 0. The minimum atomic E-state index is 0.245. The van der Waals surface area contributed by atoms with E-state index in [1.165, 1.54) is 22.3 Å². The third-order valence-corrected chi connectivity index (χ3v) is 4.19. The molecule has 0 bridgehead atoms. The van der Waals surface area contributed by atoms with Crippen LogP contribution < -0.4 is 10.1 Å². The maximum Gasteiger partial charge on any atom is 0.123 e. The third kappa shape index (κ3) is 3.27. The number of benzene rings is 2. The zero-order chi connectivity index (χ0) is 14.8. The Bertz CT molecular complexity index is 618. The van der Waals surface area contributed by atoms with Crippen LogP contribution in [0.15, 0.2) is 42.5 Å². The van der Waals surface area contributed by atoms with Crippen molar-refractivity contribution in [1.82, 2.24) is 5.32 Å². The van der Waals surface area contributed by atoms with Crippen LogP contribution in [0, 0.1) is 13.8 Å². The largest absolute Gasteiger partial charge is 0.488 e. The second-order valence-electron chi connectivity index (χ2n) is 6.10. The molecule has 2 aromatic rings. The van der Waals surface area contributed by atoms with Crippen LogP contribution in [0.2, 0.25) is 0 Å². The van der Waals surface area contributed by atoms with E-state index in [-0.39, 0.29) is 6.10 Å². The van der Waals surface area contributed by atoms with Crippen LogP contribution in [-0.2, 0) is 6.42 Å². The van der Waals surface area contributed by atoms with Crippen LogP contribution in [0.5, 0.6) is 5.75 Å². The molecule has 2 heteroatoms. The van der Waals surface area contributed by atoms with Gasteiger partial charge in [0, 0.05) is 19.0 Å². The van der Waals surface area contributed by atoms with Gasteiger partial charge in [0.05, 0.1) is 0 Å². The van der Waals surface area contributed by atoms with Gasteiger partial charge in [0.15, 0.2) is 0 Å². The summed E-state index contributed by atoms with van der Waals surface area (Å²) in [7, 11) is 0. The van der Waals surface area contributed by atoms with Crippen LogP contribution in [0.25, 0.3) is 0 Å². The van der Waals surface area contributed by atoms with Crippen LogP contribution in [0.3, 0.4) is 0 Å². The summed E-state index contributed by atoms with van der Waals surface area (Å²) in [6.07, 6.45) is 1.25. The summed E-state index contributed by atoms with van der Waals surface area (Å²) < 4.78 is 6.00. The Morgan fingerprint density at radius 2 is 1.81 bits per heavy atom. The third-order valence-electron chi connectivity index (χ3n) is 4.19. The molecular formula is C19H23NO. The van der Waals surface area contributed by atoms with Gasteiger partial charge in [0.25, 0.3) is 0 Å². The number of fused-ring (bicyclic) bond motifs is 1. The monoisotopic (exact) mass is 281 g/mol. The van der Waals surface area contributed by atoms with E-state index in [2.05, 4.69) is 68.6 Å². The van der Waals surface area contributed by atoms with E-state index in [0.717, 1.165) is 18.7 Å². The highest BCUT2D eigenvalue weighted by molar-refractivity contribution is 5.40. The van der Waals surface area contributed by atoms with Gasteiger partial charge in [-0.2, -0.15) is 0 Å². The minimum absolute atomic E-state index is 0.245. The van der Waals surface area contributed by atoms with Gasteiger partial charge in [-0.05, 0) is 38.0 Å². The molecule has 3 rings (SSSR count). The molecule has 2 atom stereocenters. The van der Waals surface area contributed by atoms with Gasteiger partial charge in [-0.1, -0.05) is 47.5 Å². The van der Waals surface area contributed by atoms with Crippen molar-refractivity contribution in [2.75, 3.05) is 6.54 Å². The lowest BCUT2D eigenvalue weighted by Gasteiger charge is -2.18. The number of aryl methyl sites for hydroxylation is 2. The molecule has 0 amide bonds. The highest BCUT2D eigenvalue weighted by atomic mass is 16.5. The lowest BCUT2D eigenvalue weighted by molar-refractivity contribution is 0.222. The van der Waals surface area contributed by atoms with Gasteiger partial charge in [-0.25, -0.2) is 0 Å². The van der Waals surface area contributed by atoms with Gasteiger partial charge in [0.2, 0.25) is 0 Å². The van der Waals surface area contributed by atoms with Crippen molar-refractivity contribution in [1.29, 1.82) is 0 Å². The fourth-order valence-electron chi connectivity index (χ4n) is 2.84. The molecule has 0 saturated carbocycles. The summed E-state index contributed by atoms with van der Waals surface area (Å²) in [6, 6.07) is 15.5. The van der Waals surface area contributed by atoms with Crippen molar-refractivity contribution in [3.05, 3.63) is 64.7 Å². The predicted molar refractivity (Wildman–Crippen MR) is 86.9 cm³/mol. The number of hydrogen-bond donors (Lipinski definition) is 1. The van der Waals surface area contributed by atoms with Crippen molar-refractivity contribution in [2.24, 2.45) is 0 Å². The Hall–Kier alpha value is -1.80. The van der Waals surface area contributed by atoms with Crippen molar-refractivity contribution >= 4 is 0 Å². The summed E-state index contributed by atoms with van der Waals surface area (Å²) in [6.45, 7) is 7.33. The standard InChI is InChI=1S/C19H23NO/c1-13-4-7-16(8-5-13)15(3)20-12-18-11-17-10-14(2)6-9-19(17)21-18/h4-10,15,18,20H,11-12H2,1-3H3/t15-,18?/m1/s1. The van der Waals surface area contributed by atoms with E-state index in [1.54, 1.807) is 0 Å². The first kappa shape index (κ1) is 14.2. The molecule has 0 saturated heterocycles. The van der Waals surface area contributed by atoms with Gasteiger partial charge in [-0.15, -0.1) is 0 Å². The van der Waals surface area contributed by atoms with Crippen LogP contribution in [0.4, 0.5) is 0 Å². The maximum absolute atomic E-state index is 6.00. The van der Waals surface area contributed by atoms with E-state index in [4.69, 9.17) is 4.74 Å². The van der Waals surface area contributed by atoms with Crippen LogP contribution >= 0.6 is 0 Å². The molecule has 2 nitrogen and oxygen atoms in total. The molecule has 2 aromatic carbocycles. The average molecular weight is 281 g/mol. The lowest BCUT2D eigenvalue weighted by Crippen LogP contribution is -2.31. The Morgan fingerprint density at radius 1 is 1.10 bits per heavy atom. The first-order valence-electron chi connectivity index (χ1n) is 7.68. The van der Waals surface area contributed by atoms with E-state index >= 15 is 0 Å². The average Bonchev–Trinajstić information content (AvgIpc) is 2.87. The molecule has 1 N–H and O–H groups in total. The van der Waals surface area contributed by atoms with Crippen molar-refractivity contribution in [3.8, 4) is 5.75 Å². The predicted octanol–water partition coefficient (Wildman–Crippen LogP) is 3.96. The molecular weight excluding hydrogens is 258 g/mol. The van der Waals surface area contributed by atoms with Gasteiger partial charge in [0.1, 0.15) is 11.9 Å². The normalized spacial score (nSPS) is 18.1. The van der Waals surface area contributed by atoms with Crippen molar-refractivity contribution < 1.29 is 4.74 Å². The number of nitrogens with one attached hydrogen (secondary N) is 1. The lowest BCUT2D eigenvalue weighted by atomic mass is 10.1. The summed E-state index contributed by atoms with van der Waals surface area (Å²) >= 11 is 0. The fourth-order valence-corrected chi connectivity index (χ4v) is 2.84. The molecule has 110 valence electrons. The molecule has 1 aliphatic heterocycles. The smallest absolute Gasteiger partial charge is 0.123 e. The Labute approximate surface area is 127 Å². The summed E-state index contributed by atoms with van der Waals surface area (Å²) in [5, 5.41) is 3.58. The van der Waals surface area contributed by atoms with E-state index in [9.17, 15) is 0 Å². The highest BCUT2D eigenvalue weighted by Gasteiger charge is 2.23. The topological polar surface area (TPSA) is 21.3 Å². The zero-order valence-electron chi connectivity index (χ0n) is 13.0. The second kappa shape index (κ2) is 5.90. The number of rotatable bonds is 4. The maximum atomic E-state index is 6.00. The number of ether oxygens (including phenoxy) is 1. The molecule has 1 unspecified atom stereocenters. The van der Waals surface area contributed by atoms with Gasteiger partial charge in [-0.3, -0.25) is 0 Å². The Balaban J connectivity index is 1.56. The first-order chi connectivity index (χ1) is 10.1. The molecule has 0 aliphatic carbocycles. The fraction of sp³-hybridized carbons (Fsp3) is 0.368. The quantitative estimate of drug-likeness (QED) is 0.916.